The van der Waals surface area contributed by atoms with Gasteiger partial charge in [0.25, 0.3) is 0 Å². The van der Waals surface area contributed by atoms with Crippen LogP contribution in [0.15, 0.2) is 0 Å². The Morgan fingerprint density at radius 1 is 1.38 bits per heavy atom. The van der Waals surface area contributed by atoms with Crippen molar-refractivity contribution in [3.05, 3.63) is 0 Å². The average Bonchev–Trinajstić information content (AvgIpc) is 2.17. The summed E-state index contributed by atoms with van der Waals surface area (Å²) >= 11 is 4.00. The summed E-state index contributed by atoms with van der Waals surface area (Å²) in [5.74, 6) is 0.979. The average molecular weight is 201 g/mol. The van der Waals surface area contributed by atoms with Crippen LogP contribution >= 0.6 is 12.6 Å². The van der Waals surface area contributed by atoms with Crippen molar-refractivity contribution in [2.45, 2.75) is 43.6 Å². The molecule has 3 aliphatic heterocycles. The van der Waals surface area contributed by atoms with Crippen LogP contribution in [0.4, 0.5) is 0 Å². The lowest BCUT2D eigenvalue weighted by atomic mass is 9.82. The second-order valence-electron chi connectivity index (χ2n) is 4.43. The predicted octanol–water partition coefficient (Wildman–Crippen LogP) is 1.50. The topological polar surface area (TPSA) is 23.5 Å². The largest absolute Gasteiger partial charge is 0.383 e. The summed E-state index contributed by atoms with van der Waals surface area (Å²) < 4.78 is 0. The van der Waals surface area contributed by atoms with Crippen LogP contribution in [0, 0.1) is 5.92 Å². The number of fused-ring (bicyclic) bond motifs is 3. The zero-order chi connectivity index (χ0) is 9.26. The van der Waals surface area contributed by atoms with E-state index in [4.69, 9.17) is 5.11 Å². The molecular weight excluding hydrogens is 182 g/mol. The SMILES string of the molecule is OC(S)CCC1CC2CCN1CC2. The highest BCUT2D eigenvalue weighted by Crippen LogP contribution is 2.33. The van der Waals surface area contributed by atoms with Crippen molar-refractivity contribution >= 4 is 12.6 Å². The number of hydrogen-bond donors (Lipinski definition) is 2. The van der Waals surface area contributed by atoms with Crippen molar-refractivity contribution in [2.24, 2.45) is 5.92 Å². The Morgan fingerprint density at radius 3 is 2.54 bits per heavy atom. The summed E-state index contributed by atoms with van der Waals surface area (Å²) in [5, 5.41) is 9.10. The third-order valence-electron chi connectivity index (χ3n) is 3.53. The number of hydrogen-bond acceptors (Lipinski definition) is 3. The molecule has 3 heterocycles. The molecule has 0 aromatic rings. The molecule has 3 fully saturated rings. The predicted molar refractivity (Wildman–Crippen MR) is 56.9 cm³/mol. The number of aliphatic hydroxyl groups is 1. The highest BCUT2D eigenvalue weighted by Gasteiger charge is 2.32. The summed E-state index contributed by atoms with van der Waals surface area (Å²) in [6, 6.07) is 0.745. The van der Waals surface area contributed by atoms with Gasteiger partial charge in [-0.25, -0.2) is 0 Å². The van der Waals surface area contributed by atoms with Crippen molar-refractivity contribution in [3.63, 3.8) is 0 Å². The van der Waals surface area contributed by atoms with Gasteiger partial charge < -0.3 is 10.0 Å². The van der Waals surface area contributed by atoms with Crippen LogP contribution < -0.4 is 0 Å². The summed E-state index contributed by atoms with van der Waals surface area (Å²) in [4.78, 5) is 2.59. The van der Waals surface area contributed by atoms with E-state index in [0.29, 0.717) is 0 Å². The van der Waals surface area contributed by atoms with Crippen molar-refractivity contribution in [2.75, 3.05) is 13.1 Å². The maximum Gasteiger partial charge on any atom is 0.0965 e. The molecule has 76 valence electrons. The first-order valence-corrected chi connectivity index (χ1v) is 5.87. The third-order valence-corrected chi connectivity index (χ3v) is 3.79. The molecule has 2 unspecified atom stereocenters. The smallest absolute Gasteiger partial charge is 0.0965 e. The Bertz CT molecular complexity index is 166. The molecule has 0 aliphatic carbocycles. The van der Waals surface area contributed by atoms with E-state index in [1.165, 1.54) is 32.4 Å². The quantitative estimate of drug-likeness (QED) is 0.534. The monoisotopic (exact) mass is 201 g/mol. The molecule has 3 rings (SSSR count). The molecule has 0 aromatic carbocycles. The molecule has 0 saturated carbocycles. The first-order valence-electron chi connectivity index (χ1n) is 5.36. The Hall–Kier alpha value is 0.270. The second-order valence-corrected chi connectivity index (χ2v) is 5.02. The molecule has 2 atom stereocenters. The Balaban J connectivity index is 1.80. The summed E-state index contributed by atoms with van der Waals surface area (Å²) in [5.41, 5.74) is -0.415. The molecule has 3 heteroatoms. The molecule has 2 nitrogen and oxygen atoms in total. The van der Waals surface area contributed by atoms with Crippen LogP contribution in [0.3, 0.4) is 0 Å². The van der Waals surface area contributed by atoms with E-state index >= 15 is 0 Å². The van der Waals surface area contributed by atoms with Crippen molar-refractivity contribution in [3.8, 4) is 0 Å². The molecule has 0 amide bonds. The zero-order valence-corrected chi connectivity index (χ0v) is 8.92. The molecule has 0 radical (unpaired) electrons. The van der Waals surface area contributed by atoms with Gasteiger partial charge in [0.2, 0.25) is 0 Å². The summed E-state index contributed by atoms with van der Waals surface area (Å²) in [6.07, 6.45) is 6.14. The fourth-order valence-electron chi connectivity index (χ4n) is 2.73. The standard InChI is InChI=1S/C10H19NOS/c12-10(13)2-1-9-7-8-3-5-11(9)6-4-8/h8-10,12-13H,1-7H2. The van der Waals surface area contributed by atoms with Crippen LogP contribution in [0.25, 0.3) is 0 Å². The normalized spacial score (nSPS) is 40.6. The number of thiol groups is 1. The maximum atomic E-state index is 9.10. The molecule has 3 aliphatic rings. The van der Waals surface area contributed by atoms with E-state index < -0.39 is 5.44 Å². The molecule has 0 aromatic heterocycles. The maximum absolute atomic E-state index is 9.10. The van der Waals surface area contributed by atoms with Gasteiger partial charge in [-0.3, -0.25) is 0 Å². The highest BCUT2D eigenvalue weighted by molar-refractivity contribution is 7.80. The molecule has 13 heavy (non-hydrogen) atoms. The Labute approximate surface area is 85.7 Å². The van der Waals surface area contributed by atoms with Crippen LogP contribution in [0.5, 0.6) is 0 Å². The molecule has 0 spiro atoms. The minimum Gasteiger partial charge on any atom is -0.383 e. The highest BCUT2D eigenvalue weighted by atomic mass is 32.1. The van der Waals surface area contributed by atoms with E-state index in [2.05, 4.69) is 17.5 Å². The minimum absolute atomic E-state index is 0.415. The van der Waals surface area contributed by atoms with Gasteiger partial charge in [0, 0.05) is 6.04 Å². The minimum atomic E-state index is -0.415. The van der Waals surface area contributed by atoms with Gasteiger partial charge >= 0.3 is 0 Å². The van der Waals surface area contributed by atoms with Crippen molar-refractivity contribution < 1.29 is 5.11 Å². The third kappa shape index (κ3) is 2.39. The van der Waals surface area contributed by atoms with Crippen LogP contribution in [-0.2, 0) is 0 Å². The summed E-state index contributed by atoms with van der Waals surface area (Å²) in [6.45, 7) is 2.58. The second kappa shape index (κ2) is 4.20. The van der Waals surface area contributed by atoms with E-state index in [9.17, 15) is 0 Å². The Morgan fingerprint density at radius 2 is 2.08 bits per heavy atom. The molecular formula is C10H19NOS. The molecule has 3 saturated heterocycles. The van der Waals surface area contributed by atoms with Gasteiger partial charge in [0.1, 0.15) is 0 Å². The fraction of sp³-hybridized carbons (Fsp3) is 1.00. The lowest BCUT2D eigenvalue weighted by Gasteiger charge is -2.45. The van der Waals surface area contributed by atoms with Crippen LogP contribution in [-0.4, -0.2) is 34.6 Å². The first kappa shape index (κ1) is 9.81. The lowest BCUT2D eigenvalue weighted by molar-refractivity contribution is 0.0405. The number of piperidine rings is 3. The molecule has 2 bridgehead atoms. The van der Waals surface area contributed by atoms with Crippen LogP contribution in [0.1, 0.15) is 32.1 Å². The van der Waals surface area contributed by atoms with Crippen molar-refractivity contribution in [1.82, 2.24) is 4.90 Å². The fourth-order valence-corrected chi connectivity index (χ4v) is 2.88. The van der Waals surface area contributed by atoms with Gasteiger partial charge in [0.05, 0.1) is 5.44 Å². The van der Waals surface area contributed by atoms with Gasteiger partial charge in [0.15, 0.2) is 0 Å². The Kier molecular flexibility index (Phi) is 3.17. The zero-order valence-electron chi connectivity index (χ0n) is 8.02. The number of aliphatic hydroxyl groups excluding tert-OH is 1. The molecule has 1 N–H and O–H groups in total. The van der Waals surface area contributed by atoms with E-state index in [1.54, 1.807) is 0 Å². The van der Waals surface area contributed by atoms with Gasteiger partial charge in [-0.05, 0) is 51.1 Å². The van der Waals surface area contributed by atoms with Crippen molar-refractivity contribution in [1.29, 1.82) is 0 Å². The summed E-state index contributed by atoms with van der Waals surface area (Å²) in [7, 11) is 0. The van der Waals surface area contributed by atoms with Gasteiger partial charge in [-0.2, -0.15) is 0 Å². The lowest BCUT2D eigenvalue weighted by Crippen LogP contribution is -2.48. The van der Waals surface area contributed by atoms with Gasteiger partial charge in [-0.15, -0.1) is 12.6 Å². The van der Waals surface area contributed by atoms with E-state index in [1.807, 2.05) is 0 Å². The number of nitrogens with zero attached hydrogens (tertiary/aromatic N) is 1. The van der Waals surface area contributed by atoms with Crippen LogP contribution in [0.2, 0.25) is 0 Å². The van der Waals surface area contributed by atoms with E-state index in [0.717, 1.165) is 24.8 Å². The first-order chi connectivity index (χ1) is 6.25. The number of rotatable bonds is 3. The van der Waals surface area contributed by atoms with Gasteiger partial charge in [-0.1, -0.05) is 0 Å². The van der Waals surface area contributed by atoms with E-state index in [-0.39, 0.29) is 0 Å².